The third-order valence-electron chi connectivity index (χ3n) is 1.84. The molecule has 0 N–H and O–H groups in total. The van der Waals surface area contributed by atoms with Crippen LogP contribution < -0.4 is 0 Å². The van der Waals surface area contributed by atoms with E-state index in [0.717, 1.165) is 0 Å². The molecule has 2 unspecified atom stereocenters. The number of epoxide rings is 1. The van der Waals surface area contributed by atoms with Gasteiger partial charge in [-0.3, -0.25) is 9.59 Å². The first kappa shape index (κ1) is 9.19. The lowest BCUT2D eigenvalue weighted by atomic mass is 10.2. The highest BCUT2D eigenvalue weighted by Crippen LogP contribution is 2.25. The highest BCUT2D eigenvalue weighted by Gasteiger charge is 2.49. The van der Waals surface area contributed by atoms with Crippen molar-refractivity contribution in [2.75, 3.05) is 14.1 Å². The monoisotopic (exact) mass is 171 g/mol. The van der Waals surface area contributed by atoms with Crippen LogP contribution >= 0.6 is 0 Å². The molecule has 68 valence electrons. The first-order valence-corrected chi connectivity index (χ1v) is 3.97. The second kappa shape index (κ2) is 3.23. The van der Waals surface area contributed by atoms with Gasteiger partial charge in [0.2, 0.25) is 0 Å². The van der Waals surface area contributed by atoms with Crippen LogP contribution in [0.4, 0.5) is 0 Å². The van der Waals surface area contributed by atoms with Gasteiger partial charge in [-0.05, 0) is 0 Å². The molecule has 0 aromatic rings. The molecule has 1 fully saturated rings. The van der Waals surface area contributed by atoms with Crippen molar-refractivity contribution < 1.29 is 14.3 Å². The maximum absolute atomic E-state index is 11.2. The van der Waals surface area contributed by atoms with E-state index in [-0.39, 0.29) is 11.7 Å². The quantitative estimate of drug-likeness (QED) is 0.553. The Hall–Kier alpha value is -0.900. The summed E-state index contributed by atoms with van der Waals surface area (Å²) in [4.78, 5) is 23.6. The van der Waals surface area contributed by atoms with Crippen molar-refractivity contribution in [1.29, 1.82) is 0 Å². The van der Waals surface area contributed by atoms with E-state index in [2.05, 4.69) is 0 Å². The summed E-state index contributed by atoms with van der Waals surface area (Å²) in [6.45, 7) is 1.77. The summed E-state index contributed by atoms with van der Waals surface area (Å²) < 4.78 is 4.95. The molecule has 0 aromatic heterocycles. The number of amides is 1. The van der Waals surface area contributed by atoms with Gasteiger partial charge in [-0.25, -0.2) is 0 Å². The Morgan fingerprint density at radius 2 is 1.92 bits per heavy atom. The number of carbonyl (C=O) groups is 2. The van der Waals surface area contributed by atoms with Crippen molar-refractivity contribution >= 4 is 11.7 Å². The first-order valence-electron chi connectivity index (χ1n) is 3.97. The second-order valence-corrected chi connectivity index (χ2v) is 3.03. The van der Waals surface area contributed by atoms with Gasteiger partial charge in [0.15, 0.2) is 18.0 Å². The number of ketones is 1. The Kier molecular flexibility index (Phi) is 2.47. The third-order valence-corrected chi connectivity index (χ3v) is 1.84. The van der Waals surface area contributed by atoms with Gasteiger partial charge >= 0.3 is 0 Å². The van der Waals surface area contributed by atoms with Crippen LogP contribution in [-0.4, -0.2) is 42.9 Å². The van der Waals surface area contributed by atoms with Gasteiger partial charge in [0.1, 0.15) is 0 Å². The van der Waals surface area contributed by atoms with Crippen LogP contribution in [0.1, 0.15) is 13.3 Å². The zero-order chi connectivity index (χ0) is 9.30. The van der Waals surface area contributed by atoms with Crippen molar-refractivity contribution in [2.45, 2.75) is 25.6 Å². The number of Topliss-reactive ketones (excluding diaryl/α,β-unsaturated/α-hetero) is 1. The van der Waals surface area contributed by atoms with E-state index in [1.54, 1.807) is 21.0 Å². The number of carbonyl (C=O) groups excluding carboxylic acids is 2. The van der Waals surface area contributed by atoms with Crippen molar-refractivity contribution in [2.24, 2.45) is 0 Å². The minimum atomic E-state index is -0.507. The Bertz CT molecular complexity index is 212. The molecule has 1 saturated heterocycles. The van der Waals surface area contributed by atoms with Gasteiger partial charge in [0.25, 0.3) is 5.91 Å². The predicted molar refractivity (Wildman–Crippen MR) is 42.7 cm³/mol. The van der Waals surface area contributed by atoms with Crippen LogP contribution in [0.2, 0.25) is 0 Å². The molecular formula is C8H13NO3. The molecule has 4 heteroatoms. The Balaban J connectivity index is 2.42. The molecule has 0 aliphatic carbocycles. The van der Waals surface area contributed by atoms with E-state index in [9.17, 15) is 9.59 Å². The summed E-state index contributed by atoms with van der Waals surface area (Å²) in [7, 11) is 3.30. The van der Waals surface area contributed by atoms with E-state index in [4.69, 9.17) is 4.74 Å². The summed E-state index contributed by atoms with van der Waals surface area (Å²) >= 11 is 0. The summed E-state index contributed by atoms with van der Waals surface area (Å²) in [5, 5.41) is 0. The van der Waals surface area contributed by atoms with Crippen molar-refractivity contribution in [1.82, 2.24) is 4.90 Å². The number of rotatable bonds is 3. The fourth-order valence-electron chi connectivity index (χ4n) is 1.00. The second-order valence-electron chi connectivity index (χ2n) is 3.03. The predicted octanol–water partition coefficient (Wildman–Crippen LogP) is -0.179. The molecule has 4 nitrogen and oxygen atoms in total. The van der Waals surface area contributed by atoms with E-state index in [1.165, 1.54) is 4.90 Å². The van der Waals surface area contributed by atoms with E-state index >= 15 is 0 Å². The molecule has 0 spiro atoms. The molecule has 1 aliphatic heterocycles. The Morgan fingerprint density at radius 3 is 2.33 bits per heavy atom. The van der Waals surface area contributed by atoms with Gasteiger partial charge in [0, 0.05) is 20.5 Å². The summed E-state index contributed by atoms with van der Waals surface area (Å²) in [5.41, 5.74) is 0. The van der Waals surface area contributed by atoms with Gasteiger partial charge in [0.05, 0.1) is 0 Å². The number of hydrogen-bond donors (Lipinski definition) is 0. The van der Waals surface area contributed by atoms with Crippen LogP contribution in [0.3, 0.4) is 0 Å². The van der Waals surface area contributed by atoms with Crippen LogP contribution in [-0.2, 0) is 14.3 Å². The lowest BCUT2D eigenvalue weighted by Crippen LogP contribution is -2.29. The zero-order valence-electron chi connectivity index (χ0n) is 7.53. The van der Waals surface area contributed by atoms with Gasteiger partial charge < -0.3 is 9.64 Å². The fourth-order valence-corrected chi connectivity index (χ4v) is 1.00. The van der Waals surface area contributed by atoms with Crippen LogP contribution in [0.25, 0.3) is 0 Å². The lowest BCUT2D eigenvalue weighted by molar-refractivity contribution is -0.130. The minimum Gasteiger partial charge on any atom is -0.351 e. The minimum absolute atomic E-state index is 0.00944. The standard InChI is InChI=1S/C8H13NO3/c1-4-5(10)6-7(12-6)8(11)9(2)3/h6-7H,4H2,1-3H3. The SMILES string of the molecule is CCC(=O)C1OC1C(=O)N(C)C. The van der Waals surface area contributed by atoms with Crippen LogP contribution in [0.15, 0.2) is 0 Å². The average molecular weight is 171 g/mol. The average Bonchev–Trinajstić information content (AvgIpc) is 2.80. The number of nitrogens with zero attached hydrogens (tertiary/aromatic N) is 1. The Morgan fingerprint density at radius 1 is 1.33 bits per heavy atom. The lowest BCUT2D eigenvalue weighted by Gasteiger charge is -2.06. The molecule has 1 rings (SSSR count). The topological polar surface area (TPSA) is 49.9 Å². The van der Waals surface area contributed by atoms with Crippen molar-refractivity contribution in [3.05, 3.63) is 0 Å². The van der Waals surface area contributed by atoms with E-state index in [1.807, 2.05) is 0 Å². The molecule has 0 radical (unpaired) electrons. The summed E-state index contributed by atoms with van der Waals surface area (Å²) in [6, 6.07) is 0. The van der Waals surface area contributed by atoms with Crippen LogP contribution in [0.5, 0.6) is 0 Å². The molecule has 1 heterocycles. The number of ether oxygens (including phenoxy) is 1. The van der Waals surface area contributed by atoms with Gasteiger partial charge in [-0.15, -0.1) is 0 Å². The normalized spacial score (nSPS) is 26.6. The smallest absolute Gasteiger partial charge is 0.254 e. The zero-order valence-corrected chi connectivity index (χ0v) is 7.53. The highest BCUT2D eigenvalue weighted by molar-refractivity contribution is 5.95. The van der Waals surface area contributed by atoms with E-state index < -0.39 is 12.2 Å². The first-order chi connectivity index (χ1) is 5.57. The van der Waals surface area contributed by atoms with Gasteiger partial charge in [-0.1, -0.05) is 6.92 Å². The molecule has 1 amide bonds. The highest BCUT2D eigenvalue weighted by atomic mass is 16.6. The van der Waals surface area contributed by atoms with E-state index in [0.29, 0.717) is 6.42 Å². The number of likely N-dealkylation sites (N-methyl/N-ethyl adjacent to an activating group) is 1. The molecule has 12 heavy (non-hydrogen) atoms. The molecule has 0 aromatic carbocycles. The summed E-state index contributed by atoms with van der Waals surface area (Å²) in [5.74, 6) is -0.114. The molecular weight excluding hydrogens is 158 g/mol. The van der Waals surface area contributed by atoms with Gasteiger partial charge in [-0.2, -0.15) is 0 Å². The fraction of sp³-hybridized carbons (Fsp3) is 0.750. The molecule has 0 bridgehead atoms. The number of hydrogen-bond acceptors (Lipinski definition) is 3. The maximum Gasteiger partial charge on any atom is 0.254 e. The van der Waals surface area contributed by atoms with Crippen molar-refractivity contribution in [3.8, 4) is 0 Å². The molecule has 1 aliphatic rings. The largest absolute Gasteiger partial charge is 0.351 e. The molecule has 2 atom stereocenters. The third kappa shape index (κ3) is 1.64. The van der Waals surface area contributed by atoms with Crippen molar-refractivity contribution in [3.63, 3.8) is 0 Å². The maximum atomic E-state index is 11.2. The van der Waals surface area contributed by atoms with Crippen LogP contribution in [0, 0.1) is 0 Å². The summed E-state index contributed by atoms with van der Waals surface area (Å²) in [6.07, 6.45) is -0.542. The Labute approximate surface area is 71.5 Å². The molecule has 0 saturated carbocycles.